The topological polar surface area (TPSA) is 61.9 Å². The van der Waals surface area contributed by atoms with Crippen LogP contribution >= 0.6 is 0 Å². The molecule has 0 saturated carbocycles. The highest BCUT2D eigenvalue weighted by Gasteiger charge is 2.25. The van der Waals surface area contributed by atoms with Crippen LogP contribution in [-0.2, 0) is 9.53 Å². The van der Waals surface area contributed by atoms with E-state index in [0.29, 0.717) is 57.4 Å². The number of halogens is 1. The number of carbonyl (C=O) groups excluding carboxylic acids is 2. The summed E-state index contributed by atoms with van der Waals surface area (Å²) in [5.74, 6) is 0.194. The van der Waals surface area contributed by atoms with Crippen LogP contribution < -0.4 is 5.32 Å². The lowest BCUT2D eigenvalue weighted by Gasteiger charge is -2.33. The Labute approximate surface area is 153 Å². The monoisotopic (exact) mass is 363 g/mol. The molecule has 1 N–H and O–H groups in total. The van der Waals surface area contributed by atoms with Gasteiger partial charge in [-0.25, -0.2) is 9.18 Å². The molecule has 2 aliphatic rings. The van der Waals surface area contributed by atoms with Crippen LogP contribution in [0, 0.1) is 11.7 Å². The molecule has 1 aromatic rings. The van der Waals surface area contributed by atoms with Crippen molar-refractivity contribution < 1.29 is 18.7 Å². The fourth-order valence-electron chi connectivity index (χ4n) is 3.52. The van der Waals surface area contributed by atoms with Gasteiger partial charge in [0.25, 0.3) is 0 Å². The summed E-state index contributed by atoms with van der Waals surface area (Å²) in [7, 11) is 0. The number of hydrogen-bond acceptors (Lipinski definition) is 3. The summed E-state index contributed by atoms with van der Waals surface area (Å²) in [5.41, 5.74) is 0.584. The minimum absolute atomic E-state index is 0.166. The summed E-state index contributed by atoms with van der Waals surface area (Å²) < 4.78 is 18.2. The second-order valence-electron chi connectivity index (χ2n) is 6.92. The first-order valence-corrected chi connectivity index (χ1v) is 9.29. The first-order valence-electron chi connectivity index (χ1n) is 9.29. The van der Waals surface area contributed by atoms with Gasteiger partial charge in [0, 0.05) is 38.3 Å². The maximum absolute atomic E-state index is 13.0. The molecule has 2 aliphatic heterocycles. The number of morpholine rings is 1. The lowest BCUT2D eigenvalue weighted by molar-refractivity contribution is -0.135. The molecular weight excluding hydrogens is 337 g/mol. The van der Waals surface area contributed by atoms with E-state index in [4.69, 9.17) is 4.74 Å². The average molecular weight is 363 g/mol. The third-order valence-corrected chi connectivity index (χ3v) is 5.03. The number of anilines is 1. The summed E-state index contributed by atoms with van der Waals surface area (Å²) in [6.45, 7) is 3.95. The highest BCUT2D eigenvalue weighted by atomic mass is 19.1. The van der Waals surface area contributed by atoms with Gasteiger partial charge in [-0.2, -0.15) is 0 Å². The molecule has 0 spiro atoms. The number of carbonyl (C=O) groups is 2. The van der Waals surface area contributed by atoms with Gasteiger partial charge in [-0.3, -0.25) is 4.79 Å². The normalized spacial score (nSPS) is 20.7. The van der Waals surface area contributed by atoms with E-state index in [-0.39, 0.29) is 17.8 Å². The van der Waals surface area contributed by atoms with Crippen molar-refractivity contribution in [1.29, 1.82) is 0 Å². The van der Waals surface area contributed by atoms with E-state index in [1.807, 2.05) is 4.90 Å². The summed E-state index contributed by atoms with van der Waals surface area (Å²) in [6, 6.07) is 5.59. The second kappa shape index (κ2) is 8.98. The molecule has 1 unspecified atom stereocenters. The molecule has 6 nitrogen and oxygen atoms in total. The van der Waals surface area contributed by atoms with E-state index < -0.39 is 0 Å². The number of urea groups is 1. The Morgan fingerprint density at radius 1 is 1.12 bits per heavy atom. The van der Waals surface area contributed by atoms with Crippen LogP contribution in [0.3, 0.4) is 0 Å². The maximum atomic E-state index is 13.0. The summed E-state index contributed by atoms with van der Waals surface area (Å²) >= 11 is 0. The molecule has 3 rings (SSSR count). The zero-order chi connectivity index (χ0) is 18.4. The van der Waals surface area contributed by atoms with Crippen molar-refractivity contribution in [3.63, 3.8) is 0 Å². The van der Waals surface area contributed by atoms with Gasteiger partial charge in [0.2, 0.25) is 5.91 Å². The van der Waals surface area contributed by atoms with E-state index in [1.165, 1.54) is 12.1 Å². The molecule has 1 aromatic carbocycles. The molecule has 7 heteroatoms. The van der Waals surface area contributed by atoms with Crippen molar-refractivity contribution in [2.75, 3.05) is 44.7 Å². The Balaban J connectivity index is 1.45. The summed E-state index contributed by atoms with van der Waals surface area (Å²) in [6.07, 6.45) is 3.30. The molecule has 0 bridgehead atoms. The first-order chi connectivity index (χ1) is 12.6. The average Bonchev–Trinajstić information content (AvgIpc) is 2.69. The number of benzene rings is 1. The summed E-state index contributed by atoms with van der Waals surface area (Å²) in [5, 5.41) is 2.81. The van der Waals surface area contributed by atoms with Crippen molar-refractivity contribution >= 4 is 17.6 Å². The number of rotatable bonds is 4. The number of ether oxygens (including phenoxy) is 1. The minimum atomic E-state index is -0.328. The number of amides is 3. The largest absolute Gasteiger partial charge is 0.378 e. The van der Waals surface area contributed by atoms with Crippen LogP contribution in [0.25, 0.3) is 0 Å². The van der Waals surface area contributed by atoms with Gasteiger partial charge in [-0.05, 0) is 49.4 Å². The van der Waals surface area contributed by atoms with E-state index in [9.17, 15) is 14.0 Å². The minimum Gasteiger partial charge on any atom is -0.378 e. The quantitative estimate of drug-likeness (QED) is 0.895. The zero-order valence-corrected chi connectivity index (χ0v) is 15.0. The Kier molecular flexibility index (Phi) is 6.44. The molecule has 3 amide bonds. The van der Waals surface area contributed by atoms with E-state index in [0.717, 1.165) is 19.3 Å². The predicted octanol–water partition coefficient (Wildman–Crippen LogP) is 2.71. The number of likely N-dealkylation sites (tertiary alicyclic amines) is 1. The Bertz CT molecular complexity index is 617. The van der Waals surface area contributed by atoms with E-state index >= 15 is 0 Å². The molecule has 2 saturated heterocycles. The number of hydrogen-bond donors (Lipinski definition) is 1. The van der Waals surface area contributed by atoms with Crippen molar-refractivity contribution in [1.82, 2.24) is 9.80 Å². The molecule has 0 aliphatic carbocycles. The van der Waals surface area contributed by atoms with Crippen LogP contribution in [-0.4, -0.2) is 61.1 Å². The van der Waals surface area contributed by atoms with Gasteiger partial charge in [-0.1, -0.05) is 0 Å². The van der Waals surface area contributed by atoms with Gasteiger partial charge < -0.3 is 19.9 Å². The third-order valence-electron chi connectivity index (χ3n) is 5.03. The number of nitrogens with one attached hydrogen (secondary N) is 1. The van der Waals surface area contributed by atoms with Crippen molar-refractivity contribution in [2.24, 2.45) is 5.92 Å². The molecule has 2 fully saturated rings. The van der Waals surface area contributed by atoms with Crippen molar-refractivity contribution in [3.8, 4) is 0 Å². The Hall–Kier alpha value is -2.15. The van der Waals surface area contributed by atoms with Crippen molar-refractivity contribution in [2.45, 2.75) is 25.7 Å². The van der Waals surface area contributed by atoms with Crippen LogP contribution in [0.4, 0.5) is 14.9 Å². The van der Waals surface area contributed by atoms with Gasteiger partial charge in [0.15, 0.2) is 0 Å². The fourth-order valence-corrected chi connectivity index (χ4v) is 3.52. The van der Waals surface area contributed by atoms with Gasteiger partial charge in [0.05, 0.1) is 13.2 Å². The molecule has 0 aromatic heterocycles. The van der Waals surface area contributed by atoms with Gasteiger partial charge in [-0.15, -0.1) is 0 Å². The van der Waals surface area contributed by atoms with Gasteiger partial charge in [0.1, 0.15) is 5.82 Å². The number of piperidine rings is 1. The predicted molar refractivity (Wildman–Crippen MR) is 96.3 cm³/mol. The van der Waals surface area contributed by atoms with Gasteiger partial charge >= 0.3 is 6.03 Å². The highest BCUT2D eigenvalue weighted by molar-refractivity contribution is 5.89. The third kappa shape index (κ3) is 5.17. The smallest absolute Gasteiger partial charge is 0.321 e. The number of nitrogens with zero attached hydrogens (tertiary/aromatic N) is 2. The lowest BCUT2D eigenvalue weighted by atomic mass is 9.93. The Morgan fingerprint density at radius 3 is 2.58 bits per heavy atom. The fraction of sp³-hybridized carbons (Fsp3) is 0.579. The summed E-state index contributed by atoms with van der Waals surface area (Å²) in [4.78, 5) is 28.3. The van der Waals surface area contributed by atoms with E-state index in [1.54, 1.807) is 17.0 Å². The van der Waals surface area contributed by atoms with Crippen LogP contribution in [0.2, 0.25) is 0 Å². The van der Waals surface area contributed by atoms with Crippen LogP contribution in [0.15, 0.2) is 24.3 Å². The molecular formula is C19H26FN3O3. The molecule has 1 atom stereocenters. The Morgan fingerprint density at radius 2 is 1.85 bits per heavy atom. The molecule has 142 valence electrons. The molecule has 2 heterocycles. The second-order valence-corrected chi connectivity index (χ2v) is 6.92. The van der Waals surface area contributed by atoms with E-state index in [2.05, 4.69) is 5.32 Å². The zero-order valence-electron chi connectivity index (χ0n) is 15.0. The molecule has 26 heavy (non-hydrogen) atoms. The highest BCUT2D eigenvalue weighted by Crippen LogP contribution is 2.22. The van der Waals surface area contributed by atoms with Crippen molar-refractivity contribution in [3.05, 3.63) is 30.1 Å². The first kappa shape index (κ1) is 18.6. The maximum Gasteiger partial charge on any atom is 0.321 e. The molecule has 0 radical (unpaired) electrons. The van der Waals surface area contributed by atoms with Crippen LogP contribution in [0.1, 0.15) is 25.7 Å². The SMILES string of the molecule is O=C(CCC1CCCN(C(=O)Nc2ccc(F)cc2)C1)N1CCOCC1. The van der Waals surface area contributed by atoms with Crippen LogP contribution in [0.5, 0.6) is 0 Å². The standard InChI is InChI=1S/C19H26FN3O3/c20-16-4-6-17(7-5-16)21-19(25)23-9-1-2-15(14-23)3-8-18(24)22-10-12-26-13-11-22/h4-7,15H,1-3,8-14H2,(H,21,25). The lowest BCUT2D eigenvalue weighted by Crippen LogP contribution is -2.43.